The van der Waals surface area contributed by atoms with Crippen LogP contribution in [0.2, 0.25) is 5.02 Å². The Kier molecular flexibility index (Phi) is 4.98. The molecule has 0 aliphatic carbocycles. The number of aromatic nitrogens is 2. The SMILES string of the molecule is Cc1ccc(-c2noc(C3CCN(S(=O)(=O)c4ccc(Cl)c(F)c4)CC3)n2)o1. The van der Waals surface area contributed by atoms with Gasteiger partial charge in [0.05, 0.1) is 9.92 Å². The highest BCUT2D eigenvalue weighted by molar-refractivity contribution is 7.89. The molecule has 0 N–H and O–H groups in total. The van der Waals surface area contributed by atoms with Crippen LogP contribution >= 0.6 is 11.6 Å². The van der Waals surface area contributed by atoms with Gasteiger partial charge in [-0.1, -0.05) is 16.8 Å². The maximum atomic E-state index is 13.7. The molecule has 3 heterocycles. The zero-order valence-corrected chi connectivity index (χ0v) is 16.5. The molecule has 0 atom stereocenters. The molecule has 28 heavy (non-hydrogen) atoms. The average Bonchev–Trinajstić information content (AvgIpc) is 3.33. The van der Waals surface area contributed by atoms with E-state index in [1.165, 1.54) is 16.4 Å². The van der Waals surface area contributed by atoms with Gasteiger partial charge in [0.15, 0.2) is 5.76 Å². The summed E-state index contributed by atoms with van der Waals surface area (Å²) in [4.78, 5) is 4.27. The quantitative estimate of drug-likeness (QED) is 0.627. The second-order valence-corrected chi connectivity index (χ2v) is 8.97. The van der Waals surface area contributed by atoms with Gasteiger partial charge in [-0.2, -0.15) is 9.29 Å². The number of piperidine rings is 1. The van der Waals surface area contributed by atoms with Crippen LogP contribution in [0, 0.1) is 12.7 Å². The highest BCUT2D eigenvalue weighted by Crippen LogP contribution is 2.31. The van der Waals surface area contributed by atoms with Crippen molar-refractivity contribution in [3.63, 3.8) is 0 Å². The van der Waals surface area contributed by atoms with E-state index in [0.29, 0.717) is 30.3 Å². The molecular weight excluding hydrogens is 409 g/mol. The first-order valence-corrected chi connectivity index (χ1v) is 10.5. The zero-order chi connectivity index (χ0) is 19.9. The lowest BCUT2D eigenvalue weighted by atomic mass is 9.98. The molecule has 0 amide bonds. The van der Waals surface area contributed by atoms with Crippen molar-refractivity contribution in [3.8, 4) is 11.6 Å². The lowest BCUT2D eigenvalue weighted by molar-refractivity contribution is 0.270. The number of halogens is 2. The second kappa shape index (κ2) is 7.31. The summed E-state index contributed by atoms with van der Waals surface area (Å²) >= 11 is 5.64. The fraction of sp³-hybridized carbons (Fsp3) is 0.333. The van der Waals surface area contributed by atoms with Crippen LogP contribution in [0.5, 0.6) is 0 Å². The Morgan fingerprint density at radius 2 is 1.96 bits per heavy atom. The Balaban J connectivity index is 1.46. The van der Waals surface area contributed by atoms with Gasteiger partial charge in [0.1, 0.15) is 11.6 Å². The molecule has 10 heteroatoms. The Morgan fingerprint density at radius 3 is 2.61 bits per heavy atom. The van der Waals surface area contributed by atoms with E-state index in [-0.39, 0.29) is 28.9 Å². The van der Waals surface area contributed by atoms with Crippen molar-refractivity contribution in [2.45, 2.75) is 30.6 Å². The van der Waals surface area contributed by atoms with E-state index in [0.717, 1.165) is 11.8 Å². The molecule has 1 aliphatic rings. The summed E-state index contributed by atoms with van der Waals surface area (Å²) in [5.74, 6) is 1.29. The van der Waals surface area contributed by atoms with E-state index in [9.17, 15) is 12.8 Å². The summed E-state index contributed by atoms with van der Waals surface area (Å²) in [7, 11) is -3.79. The Hall–Kier alpha value is -2.23. The van der Waals surface area contributed by atoms with Crippen molar-refractivity contribution in [1.29, 1.82) is 0 Å². The predicted molar refractivity (Wildman–Crippen MR) is 98.9 cm³/mol. The fourth-order valence-corrected chi connectivity index (χ4v) is 4.78. The Labute approximate surface area is 166 Å². The normalized spacial score (nSPS) is 16.5. The topological polar surface area (TPSA) is 89.4 Å². The van der Waals surface area contributed by atoms with Crippen LogP contribution in [0.25, 0.3) is 11.6 Å². The summed E-state index contributed by atoms with van der Waals surface area (Å²) in [5, 5.41) is 3.83. The molecule has 1 aromatic carbocycles. The van der Waals surface area contributed by atoms with E-state index in [2.05, 4.69) is 10.1 Å². The van der Waals surface area contributed by atoms with Crippen LogP contribution in [-0.4, -0.2) is 36.0 Å². The van der Waals surface area contributed by atoms with Gasteiger partial charge >= 0.3 is 0 Å². The monoisotopic (exact) mass is 425 g/mol. The van der Waals surface area contributed by atoms with Crippen molar-refractivity contribution in [2.24, 2.45) is 0 Å². The number of rotatable bonds is 4. The van der Waals surface area contributed by atoms with Gasteiger partial charge in [-0.05, 0) is 50.1 Å². The van der Waals surface area contributed by atoms with Crippen molar-refractivity contribution >= 4 is 21.6 Å². The molecule has 1 aliphatic heterocycles. The first-order chi connectivity index (χ1) is 13.3. The minimum atomic E-state index is -3.79. The molecule has 3 aromatic rings. The standard InChI is InChI=1S/C18H17ClFN3O4S/c1-11-2-5-16(26-11)17-21-18(27-22-17)12-6-8-23(9-7-12)28(24,25)13-3-4-14(19)15(20)10-13/h2-5,10,12H,6-9H2,1H3. The minimum Gasteiger partial charge on any atom is -0.458 e. The number of hydrogen-bond acceptors (Lipinski definition) is 6. The summed E-state index contributed by atoms with van der Waals surface area (Å²) in [6, 6.07) is 7.08. The summed E-state index contributed by atoms with van der Waals surface area (Å²) < 4.78 is 51.3. The first-order valence-electron chi connectivity index (χ1n) is 8.70. The number of hydrogen-bond donors (Lipinski definition) is 0. The van der Waals surface area contributed by atoms with E-state index in [1.54, 1.807) is 6.07 Å². The van der Waals surface area contributed by atoms with Gasteiger partial charge in [-0.3, -0.25) is 0 Å². The number of nitrogens with zero attached hydrogens (tertiary/aromatic N) is 3. The zero-order valence-electron chi connectivity index (χ0n) is 14.9. The molecule has 7 nitrogen and oxygen atoms in total. The lowest BCUT2D eigenvalue weighted by Gasteiger charge is -2.29. The second-order valence-electron chi connectivity index (χ2n) is 6.62. The molecule has 4 rings (SSSR count). The lowest BCUT2D eigenvalue weighted by Crippen LogP contribution is -2.38. The van der Waals surface area contributed by atoms with Crippen LogP contribution in [-0.2, 0) is 10.0 Å². The average molecular weight is 426 g/mol. The summed E-state index contributed by atoms with van der Waals surface area (Å²) in [6.45, 7) is 2.37. The van der Waals surface area contributed by atoms with Crippen LogP contribution in [0.15, 0.2) is 44.2 Å². The third-order valence-corrected chi connectivity index (χ3v) is 6.94. The van der Waals surface area contributed by atoms with Gasteiger partial charge < -0.3 is 8.94 Å². The maximum absolute atomic E-state index is 13.7. The minimum absolute atomic E-state index is 0.0503. The van der Waals surface area contributed by atoms with E-state index in [1.807, 2.05) is 13.0 Å². The predicted octanol–water partition coefficient (Wildman–Crippen LogP) is 4.00. The summed E-state index contributed by atoms with van der Waals surface area (Å²) in [6.07, 6.45) is 1.04. The van der Waals surface area contributed by atoms with E-state index < -0.39 is 15.8 Å². The van der Waals surface area contributed by atoms with Crippen molar-refractivity contribution in [2.75, 3.05) is 13.1 Å². The maximum Gasteiger partial charge on any atom is 0.243 e. The molecule has 0 saturated carbocycles. The summed E-state index contributed by atoms with van der Waals surface area (Å²) in [5.41, 5.74) is 0. The Morgan fingerprint density at radius 1 is 1.21 bits per heavy atom. The van der Waals surface area contributed by atoms with Crippen LogP contribution in [0.1, 0.15) is 30.4 Å². The molecule has 0 bridgehead atoms. The molecule has 0 radical (unpaired) electrons. The highest BCUT2D eigenvalue weighted by Gasteiger charge is 2.32. The first kappa shape index (κ1) is 19.1. The third-order valence-electron chi connectivity index (χ3n) is 4.73. The van der Waals surface area contributed by atoms with E-state index in [4.69, 9.17) is 20.5 Å². The van der Waals surface area contributed by atoms with Gasteiger partial charge in [0.2, 0.25) is 21.7 Å². The third kappa shape index (κ3) is 3.57. The van der Waals surface area contributed by atoms with Crippen LogP contribution < -0.4 is 0 Å². The molecule has 1 saturated heterocycles. The molecule has 148 valence electrons. The number of sulfonamides is 1. The van der Waals surface area contributed by atoms with Crippen molar-refractivity contribution in [3.05, 3.63) is 52.8 Å². The molecule has 1 fully saturated rings. The number of benzene rings is 1. The molecule has 0 unspecified atom stereocenters. The van der Waals surface area contributed by atoms with Crippen molar-refractivity contribution < 1.29 is 21.7 Å². The van der Waals surface area contributed by atoms with Crippen LogP contribution in [0.4, 0.5) is 4.39 Å². The Bertz CT molecular complexity index is 1100. The van der Waals surface area contributed by atoms with Gasteiger partial charge in [0.25, 0.3) is 0 Å². The van der Waals surface area contributed by atoms with Crippen molar-refractivity contribution in [1.82, 2.24) is 14.4 Å². The van der Waals surface area contributed by atoms with Gasteiger partial charge in [-0.25, -0.2) is 12.8 Å². The number of aryl methyl sites for hydroxylation is 1. The van der Waals surface area contributed by atoms with Gasteiger partial charge in [0, 0.05) is 19.0 Å². The fourth-order valence-electron chi connectivity index (χ4n) is 3.19. The highest BCUT2D eigenvalue weighted by atomic mass is 35.5. The molecule has 0 spiro atoms. The molecule has 2 aromatic heterocycles. The smallest absolute Gasteiger partial charge is 0.243 e. The van der Waals surface area contributed by atoms with E-state index >= 15 is 0 Å². The van der Waals surface area contributed by atoms with Crippen LogP contribution in [0.3, 0.4) is 0 Å². The number of furan rings is 1. The van der Waals surface area contributed by atoms with Gasteiger partial charge in [-0.15, -0.1) is 0 Å². The largest absolute Gasteiger partial charge is 0.458 e. The molecular formula is C18H17ClFN3O4S.